The minimum absolute atomic E-state index is 0.0891. The maximum Gasteiger partial charge on any atom is 0.387 e. The Bertz CT molecular complexity index is 708. The molecule has 5 nitrogen and oxygen atoms in total. The van der Waals surface area contributed by atoms with Crippen LogP contribution in [0.15, 0.2) is 35.9 Å². The fourth-order valence-corrected chi connectivity index (χ4v) is 2.16. The number of ether oxygens (including phenoxy) is 2. The molecule has 24 heavy (non-hydrogen) atoms. The molecular formula is C14H10F4N2O3S. The van der Waals surface area contributed by atoms with Crippen LogP contribution in [0.25, 0.3) is 6.08 Å². The molecule has 1 heterocycles. The van der Waals surface area contributed by atoms with Gasteiger partial charge in [0.25, 0.3) is 0 Å². The Balaban J connectivity index is 2.14. The molecule has 0 aliphatic heterocycles. The number of nitrogens with zero attached hydrogens (tertiary/aromatic N) is 1. The van der Waals surface area contributed by atoms with Crippen molar-refractivity contribution in [1.82, 2.24) is 4.98 Å². The number of carbonyl (C=O) groups is 1. The van der Waals surface area contributed by atoms with E-state index in [2.05, 4.69) is 19.8 Å². The van der Waals surface area contributed by atoms with Crippen molar-refractivity contribution in [3.05, 3.63) is 41.4 Å². The van der Waals surface area contributed by atoms with Crippen LogP contribution in [0.2, 0.25) is 0 Å². The second kappa shape index (κ2) is 8.29. The van der Waals surface area contributed by atoms with Gasteiger partial charge in [-0.3, -0.25) is 10.1 Å². The Labute approximate surface area is 137 Å². The Morgan fingerprint density at radius 2 is 1.96 bits per heavy atom. The number of alkyl halides is 4. The molecule has 1 aromatic heterocycles. The molecule has 0 radical (unpaired) electrons. The molecule has 2 rings (SSSR count). The Hall–Kier alpha value is -2.62. The first-order valence-corrected chi connectivity index (χ1v) is 7.24. The molecule has 0 saturated heterocycles. The Kier molecular flexibility index (Phi) is 6.13. The minimum atomic E-state index is -3.16. The summed E-state index contributed by atoms with van der Waals surface area (Å²) in [6.07, 6.45) is 3.77. The predicted octanol–water partition coefficient (Wildman–Crippen LogP) is 4.00. The fourth-order valence-electron chi connectivity index (χ4n) is 1.62. The van der Waals surface area contributed by atoms with Crippen LogP contribution >= 0.6 is 11.3 Å². The lowest BCUT2D eigenvalue weighted by Crippen LogP contribution is -2.08. The van der Waals surface area contributed by atoms with Crippen LogP contribution in [0.3, 0.4) is 0 Å². The molecule has 0 bridgehead atoms. The average Bonchev–Trinajstić information content (AvgIpc) is 2.98. The number of hydrogen-bond acceptors (Lipinski definition) is 5. The summed E-state index contributed by atoms with van der Waals surface area (Å²) in [7, 11) is 0. The summed E-state index contributed by atoms with van der Waals surface area (Å²) in [5.41, 5.74) is 0.0891. The van der Waals surface area contributed by atoms with E-state index in [1.165, 1.54) is 29.7 Å². The van der Waals surface area contributed by atoms with Gasteiger partial charge < -0.3 is 9.47 Å². The van der Waals surface area contributed by atoms with E-state index in [0.29, 0.717) is 5.13 Å². The van der Waals surface area contributed by atoms with E-state index < -0.39 is 24.9 Å². The number of hydrogen-bond donors (Lipinski definition) is 1. The number of halogens is 4. The molecule has 0 unspecified atom stereocenters. The molecule has 0 spiro atoms. The second-order valence-electron chi connectivity index (χ2n) is 4.12. The molecule has 0 atom stereocenters. The normalized spacial score (nSPS) is 11.2. The molecular weight excluding hydrogens is 352 g/mol. The van der Waals surface area contributed by atoms with Gasteiger partial charge in [-0.05, 0) is 18.2 Å². The molecule has 1 aromatic carbocycles. The SMILES string of the molecule is O=C(C=Cc1ccc(OC(F)F)cc1OC(F)F)Nc1nccs1. The predicted molar refractivity (Wildman–Crippen MR) is 79.5 cm³/mol. The van der Waals surface area contributed by atoms with Crippen LogP contribution in [0.5, 0.6) is 11.5 Å². The lowest BCUT2D eigenvalue weighted by molar-refractivity contribution is -0.111. The lowest BCUT2D eigenvalue weighted by atomic mass is 10.1. The molecule has 2 aromatic rings. The standard InChI is InChI=1S/C14H10F4N2O3S/c15-12(16)22-9-3-1-8(10(7-9)23-13(17)18)2-4-11(21)20-14-19-5-6-24-14/h1-7,12-13H,(H,19,20,21). The van der Waals surface area contributed by atoms with Crippen molar-refractivity contribution in [3.63, 3.8) is 0 Å². The first kappa shape index (κ1) is 17.7. The van der Waals surface area contributed by atoms with Crippen molar-refractivity contribution in [3.8, 4) is 11.5 Å². The fraction of sp³-hybridized carbons (Fsp3) is 0.143. The number of rotatable bonds is 7. The number of amides is 1. The smallest absolute Gasteiger partial charge is 0.387 e. The summed E-state index contributed by atoms with van der Waals surface area (Å²) in [6, 6.07) is 3.24. The molecule has 0 aliphatic carbocycles. The van der Waals surface area contributed by atoms with Crippen molar-refractivity contribution in [2.75, 3.05) is 5.32 Å². The number of benzene rings is 1. The number of aromatic nitrogens is 1. The quantitative estimate of drug-likeness (QED) is 0.598. The molecule has 0 saturated carbocycles. The molecule has 1 amide bonds. The summed E-state index contributed by atoms with van der Waals surface area (Å²) in [4.78, 5) is 15.5. The van der Waals surface area contributed by atoms with Gasteiger partial charge in [-0.2, -0.15) is 17.6 Å². The molecule has 128 valence electrons. The topological polar surface area (TPSA) is 60.5 Å². The van der Waals surface area contributed by atoms with Gasteiger partial charge in [0.15, 0.2) is 5.13 Å². The maximum absolute atomic E-state index is 12.4. The third-order valence-electron chi connectivity index (χ3n) is 2.50. The van der Waals surface area contributed by atoms with E-state index in [4.69, 9.17) is 0 Å². The van der Waals surface area contributed by atoms with E-state index >= 15 is 0 Å². The van der Waals surface area contributed by atoms with Crippen molar-refractivity contribution in [2.24, 2.45) is 0 Å². The number of thiazole rings is 1. The zero-order valence-electron chi connectivity index (χ0n) is 11.8. The van der Waals surface area contributed by atoms with E-state index in [-0.39, 0.29) is 11.3 Å². The largest absolute Gasteiger partial charge is 0.435 e. The number of carbonyl (C=O) groups excluding carboxylic acids is 1. The number of anilines is 1. The van der Waals surface area contributed by atoms with Crippen LogP contribution in [-0.4, -0.2) is 24.1 Å². The summed E-state index contributed by atoms with van der Waals surface area (Å²) in [5.74, 6) is -1.28. The highest BCUT2D eigenvalue weighted by Gasteiger charge is 2.12. The summed E-state index contributed by atoms with van der Waals surface area (Å²) in [6.45, 7) is -6.27. The van der Waals surface area contributed by atoms with Crippen LogP contribution in [-0.2, 0) is 4.79 Å². The highest BCUT2D eigenvalue weighted by molar-refractivity contribution is 7.13. The van der Waals surface area contributed by atoms with Crippen molar-refractivity contribution < 1.29 is 31.8 Å². The van der Waals surface area contributed by atoms with Crippen LogP contribution in [0, 0.1) is 0 Å². The average molecular weight is 362 g/mol. The van der Waals surface area contributed by atoms with E-state index in [9.17, 15) is 22.4 Å². The molecule has 0 fully saturated rings. The van der Waals surface area contributed by atoms with E-state index in [0.717, 1.165) is 18.2 Å². The molecule has 1 N–H and O–H groups in total. The van der Waals surface area contributed by atoms with Crippen LogP contribution in [0.4, 0.5) is 22.7 Å². The van der Waals surface area contributed by atoms with E-state index in [1.54, 1.807) is 5.38 Å². The Morgan fingerprint density at radius 3 is 2.58 bits per heavy atom. The number of nitrogens with one attached hydrogen (secondary N) is 1. The third kappa shape index (κ3) is 5.54. The Morgan fingerprint density at radius 1 is 1.21 bits per heavy atom. The van der Waals surface area contributed by atoms with Gasteiger partial charge in [-0.1, -0.05) is 0 Å². The van der Waals surface area contributed by atoms with Gasteiger partial charge in [0.2, 0.25) is 5.91 Å². The van der Waals surface area contributed by atoms with Gasteiger partial charge in [-0.15, -0.1) is 11.3 Å². The van der Waals surface area contributed by atoms with Crippen LogP contribution in [0.1, 0.15) is 5.56 Å². The van der Waals surface area contributed by atoms with Crippen LogP contribution < -0.4 is 14.8 Å². The third-order valence-corrected chi connectivity index (χ3v) is 3.19. The van der Waals surface area contributed by atoms with Gasteiger partial charge in [0.05, 0.1) is 0 Å². The lowest BCUT2D eigenvalue weighted by Gasteiger charge is -2.11. The van der Waals surface area contributed by atoms with Gasteiger partial charge in [0.1, 0.15) is 11.5 Å². The van der Waals surface area contributed by atoms with Crippen molar-refractivity contribution >= 4 is 28.5 Å². The first-order valence-electron chi connectivity index (χ1n) is 6.36. The zero-order chi connectivity index (χ0) is 17.5. The van der Waals surface area contributed by atoms with E-state index in [1.807, 2.05) is 0 Å². The van der Waals surface area contributed by atoms with Gasteiger partial charge >= 0.3 is 13.2 Å². The summed E-state index contributed by atoms with van der Waals surface area (Å²) < 4.78 is 57.6. The second-order valence-corrected chi connectivity index (χ2v) is 5.01. The monoisotopic (exact) mass is 362 g/mol. The van der Waals surface area contributed by atoms with Crippen molar-refractivity contribution in [2.45, 2.75) is 13.2 Å². The molecule has 0 aliphatic rings. The van der Waals surface area contributed by atoms with Crippen molar-refractivity contribution in [1.29, 1.82) is 0 Å². The maximum atomic E-state index is 12.4. The zero-order valence-corrected chi connectivity index (χ0v) is 12.6. The first-order chi connectivity index (χ1) is 11.4. The highest BCUT2D eigenvalue weighted by Crippen LogP contribution is 2.28. The van der Waals surface area contributed by atoms with Gasteiger partial charge in [0, 0.05) is 29.3 Å². The molecule has 10 heteroatoms. The van der Waals surface area contributed by atoms with Gasteiger partial charge in [-0.25, -0.2) is 4.98 Å². The minimum Gasteiger partial charge on any atom is -0.435 e. The highest BCUT2D eigenvalue weighted by atomic mass is 32.1. The summed E-state index contributed by atoms with van der Waals surface area (Å²) in [5, 5.41) is 4.49. The summed E-state index contributed by atoms with van der Waals surface area (Å²) >= 11 is 1.20.